The number of pyridine rings is 1. The summed E-state index contributed by atoms with van der Waals surface area (Å²) in [7, 11) is 0. The minimum atomic E-state index is -0.136. The second-order valence-corrected chi connectivity index (χ2v) is 18.2. The molecule has 1 aliphatic heterocycles. The lowest BCUT2D eigenvalue weighted by Crippen LogP contribution is -2.26. The van der Waals surface area contributed by atoms with Crippen molar-refractivity contribution >= 4 is 60.7 Å². The van der Waals surface area contributed by atoms with Crippen molar-refractivity contribution in [2.45, 2.75) is 26.2 Å². The second-order valence-electron chi connectivity index (χ2n) is 18.2. The summed E-state index contributed by atoms with van der Waals surface area (Å²) in [5.41, 5.74) is 13.3. The van der Waals surface area contributed by atoms with Gasteiger partial charge in [0.1, 0.15) is 17.3 Å². The Kier molecular flexibility index (Phi) is 9.35. The smallest absolute Gasteiger partial charge is 0.139 e. The third-order valence-electron chi connectivity index (χ3n) is 13.0. The van der Waals surface area contributed by atoms with E-state index in [9.17, 15) is 0 Å². The molecular weight excluding hydrogens is 807 g/mol. The van der Waals surface area contributed by atoms with Crippen LogP contribution in [0.4, 0.5) is 11.4 Å². The highest BCUT2D eigenvalue weighted by atomic mass is 16.5. The van der Waals surface area contributed by atoms with Crippen LogP contribution < -0.4 is 14.5 Å². The molecule has 3 aromatic heterocycles. The highest BCUT2D eigenvalue weighted by Gasteiger charge is 2.27. The van der Waals surface area contributed by atoms with Crippen LogP contribution in [0.1, 0.15) is 31.9 Å². The Hall–Kier alpha value is -8.35. The van der Waals surface area contributed by atoms with Crippen LogP contribution in [-0.4, -0.2) is 20.8 Å². The lowest BCUT2D eigenvalue weighted by Gasteiger charge is -2.28. The average Bonchev–Trinajstić information content (AvgIpc) is 4.05. The van der Waals surface area contributed by atoms with Crippen LogP contribution >= 0.6 is 0 Å². The Morgan fingerprint density at radius 3 is 1.82 bits per heavy atom. The zero-order valence-corrected chi connectivity index (χ0v) is 37.1. The van der Waals surface area contributed by atoms with Gasteiger partial charge in [-0.3, -0.25) is 4.57 Å². The van der Waals surface area contributed by atoms with Crippen molar-refractivity contribution in [3.05, 3.63) is 230 Å². The molecule has 0 aliphatic carbocycles. The Labute approximate surface area is 384 Å². The molecular formula is C60H47N5O. The van der Waals surface area contributed by atoms with E-state index in [1.54, 1.807) is 0 Å². The van der Waals surface area contributed by atoms with E-state index < -0.39 is 0 Å². The Balaban J connectivity index is 1.01. The van der Waals surface area contributed by atoms with Crippen LogP contribution in [0.5, 0.6) is 11.5 Å². The fraction of sp³-hybridized carbons (Fsp3) is 0.0833. The first-order valence-electron chi connectivity index (χ1n) is 22.6. The molecule has 66 heavy (non-hydrogen) atoms. The molecule has 0 atom stereocenters. The lowest BCUT2D eigenvalue weighted by atomic mass is 9.86. The maximum absolute atomic E-state index is 7.04. The normalized spacial score (nSPS) is 13.0. The highest BCUT2D eigenvalue weighted by molar-refractivity contribution is 6.12. The van der Waals surface area contributed by atoms with E-state index in [-0.39, 0.29) is 5.41 Å². The predicted molar refractivity (Wildman–Crippen MR) is 274 cm³/mol. The van der Waals surface area contributed by atoms with Crippen molar-refractivity contribution in [3.8, 4) is 34.1 Å². The monoisotopic (exact) mass is 853 g/mol. The van der Waals surface area contributed by atoms with Gasteiger partial charge in [-0.25, -0.2) is 4.98 Å². The van der Waals surface area contributed by atoms with Crippen molar-refractivity contribution in [1.29, 1.82) is 0 Å². The van der Waals surface area contributed by atoms with Crippen molar-refractivity contribution in [1.82, 2.24) is 14.1 Å². The maximum atomic E-state index is 7.04. The summed E-state index contributed by atoms with van der Waals surface area (Å²) in [5.74, 6) is 2.36. The first-order chi connectivity index (χ1) is 32.3. The summed E-state index contributed by atoms with van der Waals surface area (Å²) in [4.78, 5) is 9.96. The number of ether oxygens (including phenoxy) is 1. The van der Waals surface area contributed by atoms with Gasteiger partial charge in [0.2, 0.25) is 0 Å². The number of benzene rings is 8. The van der Waals surface area contributed by atoms with Gasteiger partial charge in [0.25, 0.3) is 0 Å². The van der Waals surface area contributed by atoms with E-state index in [1.807, 2.05) is 6.20 Å². The molecule has 0 bridgehead atoms. The molecule has 0 amide bonds. The van der Waals surface area contributed by atoms with Crippen molar-refractivity contribution in [3.63, 3.8) is 0 Å². The first-order valence-corrected chi connectivity index (χ1v) is 22.6. The molecule has 0 radical (unpaired) electrons. The molecule has 11 aromatic rings. The summed E-state index contributed by atoms with van der Waals surface area (Å²) in [6.07, 6.45) is 4.30. The number of para-hydroxylation sites is 3. The Bertz CT molecular complexity index is 3620. The SMILES string of the molecule is CC(C)(C)c1cc(Oc2ccc3c4cc(-c5ccccc5)ccc4n(-c4cc5c(cn4)c4ccccc4n5-c4ccccc4)c3c2)cc(N2CN(c3ccccc3)C=C2c2ccccc2)c1. The largest absolute Gasteiger partial charge is 0.457 e. The van der Waals surface area contributed by atoms with Crippen LogP contribution in [0.2, 0.25) is 0 Å². The zero-order valence-electron chi connectivity index (χ0n) is 37.1. The van der Waals surface area contributed by atoms with Crippen molar-refractivity contribution < 1.29 is 4.74 Å². The van der Waals surface area contributed by atoms with Gasteiger partial charge >= 0.3 is 0 Å². The van der Waals surface area contributed by atoms with Gasteiger partial charge < -0.3 is 19.1 Å². The van der Waals surface area contributed by atoms with E-state index in [0.29, 0.717) is 6.67 Å². The summed E-state index contributed by atoms with van der Waals surface area (Å²) < 4.78 is 11.7. The van der Waals surface area contributed by atoms with Gasteiger partial charge in [-0.1, -0.05) is 142 Å². The Morgan fingerprint density at radius 1 is 0.439 bits per heavy atom. The number of hydrogen-bond donors (Lipinski definition) is 0. The molecule has 0 N–H and O–H groups in total. The molecule has 6 nitrogen and oxygen atoms in total. The highest BCUT2D eigenvalue weighted by Crippen LogP contribution is 2.42. The minimum Gasteiger partial charge on any atom is -0.457 e. The van der Waals surface area contributed by atoms with Crippen molar-refractivity contribution in [2.24, 2.45) is 0 Å². The first kappa shape index (κ1) is 39.3. The average molecular weight is 854 g/mol. The quantitative estimate of drug-likeness (QED) is 0.153. The number of fused-ring (bicyclic) bond motifs is 6. The molecule has 1 aliphatic rings. The molecule has 318 valence electrons. The van der Waals surface area contributed by atoms with Gasteiger partial charge in [0.15, 0.2) is 0 Å². The molecule has 0 spiro atoms. The summed E-state index contributed by atoms with van der Waals surface area (Å²) in [6.45, 7) is 7.46. The van der Waals surface area contributed by atoms with Gasteiger partial charge in [-0.05, 0) is 94.4 Å². The number of anilines is 2. The third kappa shape index (κ3) is 6.86. The van der Waals surface area contributed by atoms with E-state index in [2.05, 4.69) is 252 Å². The van der Waals surface area contributed by atoms with E-state index in [1.165, 1.54) is 22.1 Å². The van der Waals surface area contributed by atoms with E-state index >= 15 is 0 Å². The molecule has 4 heterocycles. The van der Waals surface area contributed by atoms with Gasteiger partial charge in [-0.2, -0.15) is 0 Å². The molecule has 0 saturated heterocycles. The topological polar surface area (TPSA) is 38.5 Å². The summed E-state index contributed by atoms with van der Waals surface area (Å²) in [5, 5.41) is 4.56. The third-order valence-corrected chi connectivity index (χ3v) is 13.0. The Morgan fingerprint density at radius 2 is 1.08 bits per heavy atom. The van der Waals surface area contributed by atoms with Crippen LogP contribution in [0.3, 0.4) is 0 Å². The number of rotatable bonds is 8. The standard InChI is InChI=1S/C60H47N5O/c1-60(2,3)44-33-47(63-40-62(45-22-12-6-13-23-45)39-58(63)42-20-10-5-11-21-42)35-49(34-44)66-48-29-30-51-52-32-43(41-18-8-4-9-19-41)28-31-55(52)65(56(51)36-48)59-37-57-53(38-61-59)50-26-16-17-27-54(50)64(57)46-24-14-7-15-25-46/h4-39H,40H2,1-3H3. The van der Waals surface area contributed by atoms with Gasteiger partial charge in [0, 0.05) is 69.2 Å². The van der Waals surface area contributed by atoms with Crippen molar-refractivity contribution in [2.75, 3.05) is 16.5 Å². The van der Waals surface area contributed by atoms with Gasteiger partial charge in [0.05, 0.1) is 34.4 Å². The number of nitrogens with zero attached hydrogens (tertiary/aromatic N) is 5. The minimum absolute atomic E-state index is 0.136. The molecule has 0 fully saturated rings. The maximum Gasteiger partial charge on any atom is 0.139 e. The summed E-state index contributed by atoms with van der Waals surface area (Å²) >= 11 is 0. The fourth-order valence-corrected chi connectivity index (χ4v) is 9.64. The molecule has 6 heteroatoms. The number of hydrogen-bond acceptors (Lipinski definition) is 4. The molecule has 0 unspecified atom stereocenters. The van der Waals surface area contributed by atoms with E-state index in [4.69, 9.17) is 9.72 Å². The predicted octanol–water partition coefficient (Wildman–Crippen LogP) is 15.3. The van der Waals surface area contributed by atoms with Gasteiger partial charge in [-0.15, -0.1) is 0 Å². The fourth-order valence-electron chi connectivity index (χ4n) is 9.64. The van der Waals surface area contributed by atoms with Crippen LogP contribution in [0.25, 0.3) is 71.9 Å². The molecule has 0 saturated carbocycles. The zero-order chi connectivity index (χ0) is 44.4. The number of aromatic nitrogens is 3. The lowest BCUT2D eigenvalue weighted by molar-refractivity contribution is 0.479. The van der Waals surface area contributed by atoms with E-state index in [0.717, 1.165) is 83.9 Å². The molecule has 8 aromatic carbocycles. The van der Waals surface area contributed by atoms with Crippen LogP contribution in [-0.2, 0) is 5.41 Å². The van der Waals surface area contributed by atoms with Crippen LogP contribution in [0, 0.1) is 0 Å². The second kappa shape index (κ2) is 15.7. The molecule has 12 rings (SSSR count). The van der Waals surface area contributed by atoms with Crippen LogP contribution in [0.15, 0.2) is 219 Å². The summed E-state index contributed by atoms with van der Waals surface area (Å²) in [6, 6.07) is 73.2.